The molecule has 4 fully saturated rings. The van der Waals surface area contributed by atoms with Gasteiger partial charge in [-0.2, -0.15) is 0 Å². The van der Waals surface area contributed by atoms with Crippen LogP contribution in [0.25, 0.3) is 11.4 Å². The second-order valence-electron chi connectivity index (χ2n) is 10.9. The molecule has 2 aromatic heterocycles. The van der Waals surface area contributed by atoms with Gasteiger partial charge in [-0.05, 0) is 105 Å². The van der Waals surface area contributed by atoms with Crippen molar-refractivity contribution in [2.24, 2.45) is 23.2 Å². The van der Waals surface area contributed by atoms with E-state index in [-0.39, 0.29) is 11.5 Å². The van der Waals surface area contributed by atoms with Gasteiger partial charge >= 0.3 is 5.97 Å². The van der Waals surface area contributed by atoms with Crippen LogP contribution in [-0.4, -0.2) is 31.9 Å². The lowest BCUT2D eigenvalue weighted by Crippen LogP contribution is -2.46. The number of H-pyrrole nitrogens is 1. The van der Waals surface area contributed by atoms with E-state index in [2.05, 4.69) is 20.3 Å². The van der Waals surface area contributed by atoms with E-state index >= 15 is 0 Å². The largest absolute Gasteiger partial charge is 0.478 e. The molecule has 0 aliphatic heterocycles. The van der Waals surface area contributed by atoms with Crippen LogP contribution in [-0.2, 0) is 6.42 Å². The highest BCUT2D eigenvalue weighted by atomic mass is 16.4. The number of benzene rings is 1. The number of anilines is 1. The molecule has 4 bridgehead atoms. The Kier molecular flexibility index (Phi) is 5.43. The number of carbonyl (C=O) groups excluding carboxylic acids is 1. The third kappa shape index (κ3) is 4.35. The third-order valence-electron chi connectivity index (χ3n) is 8.39. The fourth-order valence-corrected chi connectivity index (χ4v) is 7.33. The number of rotatable bonds is 7. The predicted octanol–water partition coefficient (Wildman–Crippen LogP) is 5.57. The average molecular weight is 471 g/mol. The minimum Gasteiger partial charge on any atom is -0.478 e. The van der Waals surface area contributed by atoms with E-state index in [1.807, 2.05) is 12.1 Å². The molecule has 180 valence electrons. The van der Waals surface area contributed by atoms with Gasteiger partial charge in [0, 0.05) is 29.3 Å². The second-order valence-corrected chi connectivity index (χ2v) is 10.9. The third-order valence-corrected chi connectivity index (χ3v) is 8.39. The highest BCUT2D eigenvalue weighted by molar-refractivity contribution is 6.04. The van der Waals surface area contributed by atoms with Crippen LogP contribution in [0.3, 0.4) is 0 Å². The van der Waals surface area contributed by atoms with Crippen molar-refractivity contribution in [2.45, 2.75) is 51.4 Å². The zero-order valence-electron chi connectivity index (χ0n) is 19.7. The normalized spacial score (nSPS) is 26.6. The smallest absolute Gasteiger partial charge is 0.335 e. The molecular weight excluding hydrogens is 440 g/mol. The summed E-state index contributed by atoms with van der Waals surface area (Å²) in [4.78, 5) is 36.9. The summed E-state index contributed by atoms with van der Waals surface area (Å²) in [6, 6.07) is 10.0. The Morgan fingerprint density at radius 1 is 1.03 bits per heavy atom. The molecule has 4 aliphatic carbocycles. The molecule has 7 rings (SSSR count). The molecule has 2 heterocycles. The number of aromatic nitrogens is 3. The number of carbonyl (C=O) groups is 2. The van der Waals surface area contributed by atoms with Crippen molar-refractivity contribution in [1.82, 2.24) is 15.0 Å². The molecule has 7 nitrogen and oxygen atoms in total. The molecule has 3 aromatic rings. The molecule has 1 aromatic carbocycles. The van der Waals surface area contributed by atoms with Crippen molar-refractivity contribution in [3.8, 4) is 11.4 Å². The molecule has 1 amide bonds. The standard InChI is InChI=1S/C28H30N4O3/c33-26(30-22-3-1-2-21(13-22)27(34)35)24-23(31-25(32-24)20-5-8-29-9-6-20)4-7-28-14-17-10-18(15-28)12-19(11-17)16-28/h1-3,5-6,8-9,13,17-19H,4,7,10-12,14-16H2,(H,30,33)(H,31,32)(H,34,35). The lowest BCUT2D eigenvalue weighted by Gasteiger charge is -2.57. The Labute approximate surface area is 204 Å². The van der Waals surface area contributed by atoms with Crippen LogP contribution in [0.5, 0.6) is 0 Å². The van der Waals surface area contributed by atoms with Gasteiger partial charge in [0.05, 0.1) is 5.56 Å². The first-order valence-corrected chi connectivity index (χ1v) is 12.6. The van der Waals surface area contributed by atoms with Crippen molar-refractivity contribution >= 4 is 17.6 Å². The van der Waals surface area contributed by atoms with Gasteiger partial charge in [-0.15, -0.1) is 0 Å². The molecular formula is C28H30N4O3. The van der Waals surface area contributed by atoms with Crippen LogP contribution in [0.1, 0.15) is 71.5 Å². The molecule has 0 spiro atoms. The Balaban J connectivity index is 1.27. The zero-order chi connectivity index (χ0) is 24.0. The summed E-state index contributed by atoms with van der Waals surface area (Å²) in [5.41, 5.74) is 3.07. The first-order valence-electron chi connectivity index (χ1n) is 12.6. The summed E-state index contributed by atoms with van der Waals surface area (Å²) in [5, 5.41) is 12.1. The van der Waals surface area contributed by atoms with E-state index < -0.39 is 5.97 Å². The topological polar surface area (TPSA) is 108 Å². The Morgan fingerprint density at radius 3 is 2.37 bits per heavy atom. The number of nitrogens with one attached hydrogen (secondary N) is 2. The summed E-state index contributed by atoms with van der Waals surface area (Å²) in [6.45, 7) is 0. The Bertz CT molecular complexity index is 1230. The molecule has 35 heavy (non-hydrogen) atoms. The van der Waals surface area contributed by atoms with Crippen molar-refractivity contribution in [1.29, 1.82) is 0 Å². The summed E-state index contributed by atoms with van der Waals surface area (Å²) in [5.74, 6) is 1.96. The molecule has 3 N–H and O–H groups in total. The molecule has 0 saturated heterocycles. The summed E-state index contributed by atoms with van der Waals surface area (Å²) >= 11 is 0. The number of hydrogen-bond donors (Lipinski definition) is 3. The Hall–Kier alpha value is -3.48. The predicted molar refractivity (Wildman–Crippen MR) is 132 cm³/mol. The number of aromatic carboxylic acids is 1. The minimum atomic E-state index is -1.03. The summed E-state index contributed by atoms with van der Waals surface area (Å²) in [6.07, 6.45) is 13.5. The van der Waals surface area contributed by atoms with Crippen LogP contribution >= 0.6 is 0 Å². The van der Waals surface area contributed by atoms with Gasteiger partial charge in [-0.3, -0.25) is 9.78 Å². The summed E-state index contributed by atoms with van der Waals surface area (Å²) in [7, 11) is 0. The van der Waals surface area contributed by atoms with E-state index in [0.717, 1.165) is 41.9 Å². The lowest BCUT2D eigenvalue weighted by molar-refractivity contribution is -0.0570. The van der Waals surface area contributed by atoms with Gasteiger partial charge in [-0.25, -0.2) is 9.78 Å². The molecule has 4 aliphatic rings. The zero-order valence-corrected chi connectivity index (χ0v) is 19.7. The van der Waals surface area contributed by atoms with Crippen LogP contribution in [0.2, 0.25) is 0 Å². The molecule has 7 heteroatoms. The quantitative estimate of drug-likeness (QED) is 0.418. The van der Waals surface area contributed by atoms with Crippen LogP contribution < -0.4 is 5.32 Å². The molecule has 0 atom stereocenters. The van der Waals surface area contributed by atoms with Gasteiger partial charge < -0.3 is 15.4 Å². The van der Waals surface area contributed by atoms with Gasteiger partial charge in [0.2, 0.25) is 0 Å². The Morgan fingerprint density at radius 2 is 1.71 bits per heavy atom. The fourth-order valence-electron chi connectivity index (χ4n) is 7.33. The summed E-state index contributed by atoms with van der Waals surface area (Å²) < 4.78 is 0. The van der Waals surface area contributed by atoms with Crippen molar-refractivity contribution in [3.05, 3.63) is 65.7 Å². The number of pyridine rings is 1. The van der Waals surface area contributed by atoms with E-state index in [9.17, 15) is 14.7 Å². The maximum atomic E-state index is 13.3. The number of hydrogen-bond acceptors (Lipinski definition) is 4. The van der Waals surface area contributed by atoms with Crippen LogP contribution in [0.15, 0.2) is 48.8 Å². The molecule has 4 saturated carbocycles. The van der Waals surface area contributed by atoms with Crippen molar-refractivity contribution in [3.63, 3.8) is 0 Å². The van der Waals surface area contributed by atoms with Crippen molar-refractivity contribution in [2.75, 3.05) is 5.32 Å². The number of aromatic amines is 1. The average Bonchev–Trinajstić information content (AvgIpc) is 3.27. The fraction of sp³-hybridized carbons (Fsp3) is 0.429. The van der Waals surface area contributed by atoms with E-state index in [1.54, 1.807) is 24.5 Å². The van der Waals surface area contributed by atoms with Gasteiger partial charge in [0.1, 0.15) is 11.5 Å². The lowest BCUT2D eigenvalue weighted by atomic mass is 9.48. The minimum absolute atomic E-state index is 0.129. The number of imidazole rings is 1. The van der Waals surface area contributed by atoms with E-state index in [0.29, 0.717) is 22.6 Å². The number of carboxylic acid groups (broad SMARTS) is 1. The van der Waals surface area contributed by atoms with E-state index in [4.69, 9.17) is 0 Å². The van der Waals surface area contributed by atoms with Gasteiger partial charge in [-0.1, -0.05) is 6.07 Å². The number of amides is 1. The molecule has 0 unspecified atom stereocenters. The highest BCUT2D eigenvalue weighted by Crippen LogP contribution is 2.61. The van der Waals surface area contributed by atoms with E-state index in [1.165, 1.54) is 50.7 Å². The number of aryl methyl sites for hydroxylation is 1. The maximum absolute atomic E-state index is 13.3. The monoisotopic (exact) mass is 470 g/mol. The van der Waals surface area contributed by atoms with Crippen LogP contribution in [0, 0.1) is 23.2 Å². The van der Waals surface area contributed by atoms with Crippen LogP contribution in [0.4, 0.5) is 5.69 Å². The SMILES string of the molecule is O=C(O)c1cccc(NC(=O)c2nc(-c3ccncc3)[nH]c2CCC23CC4CC(CC(C4)C2)C3)c1. The first kappa shape index (κ1) is 22.0. The molecule has 0 radical (unpaired) electrons. The van der Waals surface area contributed by atoms with Gasteiger partial charge in [0.15, 0.2) is 0 Å². The maximum Gasteiger partial charge on any atom is 0.335 e. The second kappa shape index (κ2) is 8.63. The highest BCUT2D eigenvalue weighted by Gasteiger charge is 2.50. The first-order chi connectivity index (χ1) is 17.0. The number of carboxylic acids is 1. The number of nitrogens with zero attached hydrogens (tertiary/aromatic N) is 2. The van der Waals surface area contributed by atoms with Crippen molar-refractivity contribution < 1.29 is 14.7 Å². The van der Waals surface area contributed by atoms with Gasteiger partial charge in [0.25, 0.3) is 5.91 Å².